The summed E-state index contributed by atoms with van der Waals surface area (Å²) in [5.74, 6) is 1.24. The molecule has 0 amide bonds. The molecule has 1 saturated heterocycles. The van der Waals surface area contributed by atoms with Gasteiger partial charge in [-0.05, 0) is 43.4 Å². The van der Waals surface area contributed by atoms with E-state index in [4.69, 9.17) is 0 Å². The summed E-state index contributed by atoms with van der Waals surface area (Å²) in [7, 11) is 0. The summed E-state index contributed by atoms with van der Waals surface area (Å²) in [6.45, 7) is 8.48. The molecule has 104 valence electrons. The van der Waals surface area contributed by atoms with E-state index in [1.165, 1.54) is 25.7 Å². The highest BCUT2D eigenvalue weighted by Gasteiger charge is 2.38. The van der Waals surface area contributed by atoms with E-state index in [0.717, 1.165) is 24.9 Å². The van der Waals surface area contributed by atoms with Crippen LogP contribution in [-0.4, -0.2) is 35.1 Å². The minimum Gasteiger partial charge on any atom is -0.481 e. The number of nitrogens with zero attached hydrogens (tertiary/aromatic N) is 1. The minimum absolute atomic E-state index is 0.146. The van der Waals surface area contributed by atoms with Crippen molar-refractivity contribution in [1.82, 2.24) is 4.90 Å². The maximum Gasteiger partial charge on any atom is 0.308 e. The molecule has 2 aliphatic rings. The zero-order valence-electron chi connectivity index (χ0n) is 11.9. The van der Waals surface area contributed by atoms with Crippen molar-refractivity contribution in [1.29, 1.82) is 0 Å². The third-order valence-electron chi connectivity index (χ3n) is 5.16. The molecule has 2 unspecified atom stereocenters. The highest BCUT2D eigenvalue weighted by molar-refractivity contribution is 5.71. The molecule has 3 nitrogen and oxygen atoms in total. The fourth-order valence-corrected chi connectivity index (χ4v) is 3.76. The number of likely N-dealkylation sites (tertiary alicyclic amines) is 1. The second-order valence-electron chi connectivity index (χ2n) is 6.69. The Morgan fingerprint density at radius 1 is 1.17 bits per heavy atom. The zero-order valence-corrected chi connectivity index (χ0v) is 11.9. The largest absolute Gasteiger partial charge is 0.481 e. The topological polar surface area (TPSA) is 40.5 Å². The van der Waals surface area contributed by atoms with Gasteiger partial charge in [-0.25, -0.2) is 0 Å². The van der Waals surface area contributed by atoms with Gasteiger partial charge in [-0.15, -0.1) is 0 Å². The first-order valence-corrected chi connectivity index (χ1v) is 7.46. The van der Waals surface area contributed by atoms with Crippen LogP contribution in [0.5, 0.6) is 0 Å². The molecule has 0 aromatic rings. The highest BCUT2D eigenvalue weighted by Crippen LogP contribution is 2.35. The van der Waals surface area contributed by atoms with Crippen LogP contribution < -0.4 is 0 Å². The molecular weight excluding hydrogens is 226 g/mol. The van der Waals surface area contributed by atoms with Gasteiger partial charge in [-0.3, -0.25) is 9.69 Å². The van der Waals surface area contributed by atoms with E-state index in [0.29, 0.717) is 12.0 Å². The summed E-state index contributed by atoms with van der Waals surface area (Å²) >= 11 is 0. The van der Waals surface area contributed by atoms with Crippen LogP contribution in [-0.2, 0) is 4.79 Å². The van der Waals surface area contributed by atoms with Gasteiger partial charge >= 0.3 is 5.97 Å². The van der Waals surface area contributed by atoms with Crippen molar-refractivity contribution in [2.24, 2.45) is 23.7 Å². The lowest BCUT2D eigenvalue weighted by atomic mass is 9.79. The van der Waals surface area contributed by atoms with Crippen LogP contribution in [0.15, 0.2) is 0 Å². The maximum absolute atomic E-state index is 11.2. The molecule has 1 aliphatic heterocycles. The van der Waals surface area contributed by atoms with E-state index < -0.39 is 5.97 Å². The van der Waals surface area contributed by atoms with E-state index in [2.05, 4.69) is 25.7 Å². The Labute approximate surface area is 111 Å². The number of carbonyl (C=O) groups is 1. The Balaban J connectivity index is 1.86. The molecule has 2 rings (SSSR count). The Morgan fingerprint density at radius 3 is 2.22 bits per heavy atom. The zero-order chi connectivity index (χ0) is 13.3. The molecule has 1 heterocycles. The SMILES string of the molecule is CC(C)C1CCC(N2CC(C)C(C(=O)O)C2)CC1. The van der Waals surface area contributed by atoms with Crippen molar-refractivity contribution >= 4 is 5.97 Å². The lowest BCUT2D eigenvalue weighted by Crippen LogP contribution is -2.37. The van der Waals surface area contributed by atoms with Crippen LogP contribution in [0.25, 0.3) is 0 Å². The molecule has 0 spiro atoms. The molecule has 1 N–H and O–H groups in total. The van der Waals surface area contributed by atoms with Gasteiger partial charge < -0.3 is 5.11 Å². The van der Waals surface area contributed by atoms with Gasteiger partial charge in [0.1, 0.15) is 0 Å². The predicted octanol–water partition coefficient (Wildman–Crippen LogP) is 2.85. The number of hydrogen-bond acceptors (Lipinski definition) is 2. The highest BCUT2D eigenvalue weighted by atomic mass is 16.4. The van der Waals surface area contributed by atoms with Crippen LogP contribution in [0.3, 0.4) is 0 Å². The molecule has 3 heteroatoms. The Morgan fingerprint density at radius 2 is 1.78 bits per heavy atom. The van der Waals surface area contributed by atoms with Gasteiger partial charge in [-0.2, -0.15) is 0 Å². The average molecular weight is 253 g/mol. The fraction of sp³-hybridized carbons (Fsp3) is 0.933. The molecular formula is C15H27NO2. The molecule has 0 aromatic heterocycles. The monoisotopic (exact) mass is 253 g/mol. The molecule has 2 atom stereocenters. The van der Waals surface area contributed by atoms with Crippen LogP contribution in [0, 0.1) is 23.7 Å². The van der Waals surface area contributed by atoms with Gasteiger partial charge in [-0.1, -0.05) is 20.8 Å². The first-order chi connectivity index (χ1) is 8.49. The molecule has 0 bridgehead atoms. The molecule has 0 aromatic carbocycles. The third kappa shape index (κ3) is 2.87. The lowest BCUT2D eigenvalue weighted by Gasteiger charge is -2.36. The second kappa shape index (κ2) is 5.60. The predicted molar refractivity (Wildman–Crippen MR) is 72.4 cm³/mol. The second-order valence-corrected chi connectivity index (χ2v) is 6.69. The first-order valence-electron chi connectivity index (χ1n) is 7.46. The van der Waals surface area contributed by atoms with Crippen molar-refractivity contribution in [3.63, 3.8) is 0 Å². The van der Waals surface area contributed by atoms with Crippen molar-refractivity contribution in [2.45, 2.75) is 52.5 Å². The van der Waals surface area contributed by atoms with Gasteiger partial charge in [0.2, 0.25) is 0 Å². The van der Waals surface area contributed by atoms with Crippen LogP contribution >= 0.6 is 0 Å². The molecule has 0 radical (unpaired) electrons. The van der Waals surface area contributed by atoms with Crippen molar-refractivity contribution in [2.75, 3.05) is 13.1 Å². The summed E-state index contributed by atoms with van der Waals surface area (Å²) in [5.41, 5.74) is 0. The van der Waals surface area contributed by atoms with Crippen LogP contribution in [0.1, 0.15) is 46.5 Å². The summed E-state index contributed by atoms with van der Waals surface area (Å²) in [6.07, 6.45) is 5.18. The van der Waals surface area contributed by atoms with E-state index >= 15 is 0 Å². The number of carboxylic acid groups (broad SMARTS) is 1. The number of rotatable bonds is 3. The number of aliphatic carboxylic acids is 1. The lowest BCUT2D eigenvalue weighted by molar-refractivity contribution is -0.142. The van der Waals surface area contributed by atoms with E-state index in [1.54, 1.807) is 0 Å². The first kappa shape index (κ1) is 13.9. The van der Waals surface area contributed by atoms with E-state index in [9.17, 15) is 9.90 Å². The maximum atomic E-state index is 11.2. The normalized spacial score (nSPS) is 38.2. The van der Waals surface area contributed by atoms with Crippen molar-refractivity contribution in [3.8, 4) is 0 Å². The quantitative estimate of drug-likeness (QED) is 0.841. The van der Waals surface area contributed by atoms with Crippen molar-refractivity contribution < 1.29 is 9.90 Å². The smallest absolute Gasteiger partial charge is 0.308 e. The average Bonchev–Trinajstić information content (AvgIpc) is 2.71. The van der Waals surface area contributed by atoms with Crippen molar-refractivity contribution in [3.05, 3.63) is 0 Å². The van der Waals surface area contributed by atoms with E-state index in [1.807, 2.05) is 0 Å². The summed E-state index contributed by atoms with van der Waals surface area (Å²) in [5, 5.41) is 9.19. The number of hydrogen-bond donors (Lipinski definition) is 1. The summed E-state index contributed by atoms with van der Waals surface area (Å²) < 4.78 is 0. The Bertz CT molecular complexity index is 295. The van der Waals surface area contributed by atoms with Crippen LogP contribution in [0.4, 0.5) is 0 Å². The molecule has 2 fully saturated rings. The fourth-order valence-electron chi connectivity index (χ4n) is 3.76. The standard InChI is InChI=1S/C15H27NO2/c1-10(2)12-4-6-13(7-5-12)16-8-11(3)14(9-16)15(17)18/h10-14H,4-9H2,1-3H3,(H,17,18). The minimum atomic E-state index is -0.610. The van der Waals surface area contributed by atoms with Gasteiger partial charge in [0, 0.05) is 19.1 Å². The van der Waals surface area contributed by atoms with Gasteiger partial charge in [0.05, 0.1) is 5.92 Å². The summed E-state index contributed by atoms with van der Waals surface area (Å²) in [6, 6.07) is 0.645. The molecule has 1 saturated carbocycles. The van der Waals surface area contributed by atoms with Gasteiger partial charge in [0.15, 0.2) is 0 Å². The Kier molecular flexibility index (Phi) is 4.31. The molecule has 18 heavy (non-hydrogen) atoms. The number of carboxylic acids is 1. The van der Waals surface area contributed by atoms with Crippen LogP contribution in [0.2, 0.25) is 0 Å². The third-order valence-corrected chi connectivity index (χ3v) is 5.16. The Hall–Kier alpha value is -0.570. The summed E-state index contributed by atoms with van der Waals surface area (Å²) in [4.78, 5) is 13.6. The van der Waals surface area contributed by atoms with E-state index in [-0.39, 0.29) is 5.92 Å². The van der Waals surface area contributed by atoms with Gasteiger partial charge in [0.25, 0.3) is 0 Å². The molecule has 1 aliphatic carbocycles.